The molecule has 3 aliphatic rings. The fraction of sp³-hybridized carbons (Fsp3) is 0.929. The molecule has 0 saturated carbocycles. The first-order valence-corrected chi connectivity index (χ1v) is 7.01. The molecule has 3 unspecified atom stereocenters. The lowest BCUT2D eigenvalue weighted by molar-refractivity contribution is -0.964. The minimum Gasteiger partial charge on any atom is -0.328 e. The highest BCUT2D eigenvalue weighted by Crippen LogP contribution is 2.36. The molecule has 3 heteroatoms. The molecule has 3 atom stereocenters. The third-order valence-corrected chi connectivity index (χ3v) is 5.08. The number of quaternary nitrogens is 1. The maximum Gasteiger partial charge on any atom is 0.225 e. The summed E-state index contributed by atoms with van der Waals surface area (Å²) in [5.74, 6) is 0.502. The molecule has 3 nitrogen and oxygen atoms in total. The predicted octanol–water partition coefficient (Wildman–Crippen LogP) is 1.87. The van der Waals surface area contributed by atoms with Crippen LogP contribution in [0.25, 0.3) is 0 Å². The Bertz CT molecular complexity index is 313. The van der Waals surface area contributed by atoms with E-state index in [4.69, 9.17) is 0 Å². The van der Waals surface area contributed by atoms with Gasteiger partial charge in [-0.05, 0) is 20.3 Å². The zero-order valence-electron chi connectivity index (χ0n) is 11.9. The van der Waals surface area contributed by atoms with Crippen LogP contribution in [0.2, 0.25) is 0 Å². The molecule has 1 amide bonds. The van der Waals surface area contributed by atoms with E-state index in [1.165, 1.54) is 12.8 Å². The minimum absolute atomic E-state index is 0.146. The lowest BCUT2D eigenvalue weighted by Crippen LogP contribution is -2.73. The Morgan fingerprint density at radius 2 is 1.88 bits per heavy atom. The molecule has 3 saturated heterocycles. The molecule has 0 aromatic carbocycles. The molecule has 3 heterocycles. The molecule has 0 radical (unpaired) electrons. The molecule has 2 bridgehead atoms. The Morgan fingerprint density at radius 3 is 2.29 bits per heavy atom. The molecule has 17 heavy (non-hydrogen) atoms. The van der Waals surface area contributed by atoms with E-state index in [9.17, 15) is 4.79 Å². The monoisotopic (exact) mass is 239 g/mol. The fourth-order valence-electron chi connectivity index (χ4n) is 3.52. The number of amides is 1. The van der Waals surface area contributed by atoms with Crippen LogP contribution < -0.4 is 0 Å². The lowest BCUT2D eigenvalue weighted by atomic mass is 9.86. The van der Waals surface area contributed by atoms with Crippen LogP contribution in [0.3, 0.4) is 0 Å². The number of carbonyl (C=O) groups is 1. The summed E-state index contributed by atoms with van der Waals surface area (Å²) in [6, 6.07) is 1.81. The number of hydrogen-bond donors (Lipinski definition) is 0. The first kappa shape index (κ1) is 12.9. The average molecular weight is 239 g/mol. The molecule has 98 valence electrons. The van der Waals surface area contributed by atoms with E-state index < -0.39 is 0 Å². The Morgan fingerprint density at radius 1 is 1.24 bits per heavy atom. The van der Waals surface area contributed by atoms with Crippen LogP contribution in [0.15, 0.2) is 0 Å². The molecule has 3 fully saturated rings. The van der Waals surface area contributed by atoms with Crippen LogP contribution in [-0.4, -0.2) is 53.6 Å². The van der Waals surface area contributed by atoms with E-state index in [1.807, 2.05) is 13.8 Å². The van der Waals surface area contributed by atoms with Gasteiger partial charge in [-0.3, -0.25) is 4.79 Å². The van der Waals surface area contributed by atoms with E-state index >= 15 is 0 Å². The molecule has 3 rings (SSSR count). The van der Waals surface area contributed by atoms with Crippen molar-refractivity contribution in [3.63, 3.8) is 0 Å². The highest BCUT2D eigenvalue weighted by molar-refractivity contribution is 5.78. The van der Waals surface area contributed by atoms with Gasteiger partial charge >= 0.3 is 0 Å². The van der Waals surface area contributed by atoms with Crippen LogP contribution in [0, 0.1) is 5.92 Å². The van der Waals surface area contributed by atoms with Crippen molar-refractivity contribution in [2.75, 3.05) is 20.1 Å². The smallest absolute Gasteiger partial charge is 0.225 e. The zero-order valence-corrected chi connectivity index (χ0v) is 11.9. The molecule has 0 aliphatic carbocycles. The van der Waals surface area contributed by atoms with Crippen molar-refractivity contribution >= 4 is 5.91 Å². The number of likely N-dealkylation sites (N-methyl/N-ethyl adjacent to an activating group) is 1. The summed E-state index contributed by atoms with van der Waals surface area (Å²) in [4.78, 5) is 14.4. The molecule has 0 aromatic heterocycles. The largest absolute Gasteiger partial charge is 0.328 e. The summed E-state index contributed by atoms with van der Waals surface area (Å²) in [5, 5.41) is 0. The Balaban J connectivity index is 2.15. The van der Waals surface area contributed by atoms with Crippen molar-refractivity contribution < 1.29 is 9.28 Å². The molecule has 0 N–H and O–H groups in total. The van der Waals surface area contributed by atoms with Gasteiger partial charge in [-0.25, -0.2) is 0 Å². The van der Waals surface area contributed by atoms with E-state index in [0.29, 0.717) is 24.0 Å². The second-order valence-corrected chi connectivity index (χ2v) is 6.65. The van der Waals surface area contributed by atoms with Gasteiger partial charge in [0.05, 0.1) is 32.2 Å². The molecular formula is C14H27N2O+. The van der Waals surface area contributed by atoms with E-state index in [0.717, 1.165) is 17.6 Å². The summed E-state index contributed by atoms with van der Waals surface area (Å²) in [6.07, 6.45) is 2.50. The molecular weight excluding hydrogens is 212 g/mol. The zero-order chi connectivity index (χ0) is 12.8. The van der Waals surface area contributed by atoms with Crippen molar-refractivity contribution in [1.82, 2.24) is 4.90 Å². The van der Waals surface area contributed by atoms with Crippen molar-refractivity contribution in [3.8, 4) is 0 Å². The third-order valence-electron chi connectivity index (χ3n) is 5.08. The number of nitrogens with zero attached hydrogens (tertiary/aromatic N) is 2. The first-order chi connectivity index (χ1) is 7.86. The number of piperidine rings is 2. The van der Waals surface area contributed by atoms with Gasteiger partial charge in [0.25, 0.3) is 0 Å². The van der Waals surface area contributed by atoms with E-state index in [-0.39, 0.29) is 5.92 Å². The van der Waals surface area contributed by atoms with Crippen LogP contribution >= 0.6 is 0 Å². The van der Waals surface area contributed by atoms with Gasteiger partial charge in [0.1, 0.15) is 6.04 Å². The number of carbonyl (C=O) groups excluding carboxylic acids is 1. The van der Waals surface area contributed by atoms with Gasteiger partial charge in [0.15, 0.2) is 0 Å². The predicted molar refractivity (Wildman–Crippen MR) is 69.5 cm³/mol. The fourth-order valence-corrected chi connectivity index (χ4v) is 3.52. The van der Waals surface area contributed by atoms with Crippen molar-refractivity contribution in [1.29, 1.82) is 0 Å². The van der Waals surface area contributed by atoms with Crippen molar-refractivity contribution in [2.45, 2.75) is 58.7 Å². The van der Waals surface area contributed by atoms with Gasteiger partial charge in [0.2, 0.25) is 5.91 Å². The van der Waals surface area contributed by atoms with Crippen LogP contribution in [-0.2, 0) is 4.79 Å². The summed E-state index contributed by atoms with van der Waals surface area (Å²) in [6.45, 7) is 10.8. The highest BCUT2D eigenvalue weighted by Gasteiger charge is 2.50. The Labute approximate surface area is 105 Å². The van der Waals surface area contributed by atoms with Gasteiger partial charge in [-0.1, -0.05) is 13.8 Å². The molecule has 0 aromatic rings. The van der Waals surface area contributed by atoms with Gasteiger partial charge in [-0.15, -0.1) is 0 Å². The maximum absolute atomic E-state index is 12.2. The summed E-state index contributed by atoms with van der Waals surface area (Å²) in [7, 11) is 2.37. The first-order valence-electron chi connectivity index (χ1n) is 7.01. The summed E-state index contributed by atoms with van der Waals surface area (Å²) < 4.78 is 1.16. The van der Waals surface area contributed by atoms with Crippen LogP contribution in [0.4, 0.5) is 0 Å². The topological polar surface area (TPSA) is 20.3 Å². The number of fused-ring (bicyclic) bond motifs is 3. The van der Waals surface area contributed by atoms with Crippen molar-refractivity contribution in [3.05, 3.63) is 0 Å². The Hall–Kier alpha value is -0.570. The maximum atomic E-state index is 12.2. The Kier molecular flexibility index (Phi) is 3.23. The minimum atomic E-state index is 0.146. The lowest BCUT2D eigenvalue weighted by Gasteiger charge is -2.58. The third kappa shape index (κ3) is 1.99. The van der Waals surface area contributed by atoms with E-state index in [1.54, 1.807) is 0 Å². The SMILES string of the molecule is CC(C)C(=O)N1CC2CCC1C[N+]2(C)C(C)C. The number of piperazine rings is 1. The molecule has 0 spiro atoms. The normalized spacial score (nSPS) is 37.0. The van der Waals surface area contributed by atoms with Gasteiger partial charge < -0.3 is 9.38 Å². The van der Waals surface area contributed by atoms with Crippen LogP contribution in [0.1, 0.15) is 40.5 Å². The standard InChI is InChI=1S/C14H27N2O/c1-10(2)14(17)15-8-13-7-6-12(15)9-16(13,5)11(3)4/h10-13H,6-9H2,1-5H3/q+1. The highest BCUT2D eigenvalue weighted by atomic mass is 16.2. The second-order valence-electron chi connectivity index (χ2n) is 6.65. The quantitative estimate of drug-likeness (QED) is 0.674. The van der Waals surface area contributed by atoms with E-state index in [2.05, 4.69) is 25.8 Å². The van der Waals surface area contributed by atoms with Crippen molar-refractivity contribution in [2.24, 2.45) is 5.92 Å². The number of rotatable bonds is 2. The van der Waals surface area contributed by atoms with Gasteiger partial charge in [-0.2, -0.15) is 0 Å². The average Bonchev–Trinajstić information content (AvgIpc) is 2.28. The summed E-state index contributed by atoms with van der Waals surface area (Å²) in [5.41, 5.74) is 0. The van der Waals surface area contributed by atoms with Gasteiger partial charge in [0, 0.05) is 12.3 Å². The van der Waals surface area contributed by atoms with Crippen LogP contribution in [0.5, 0.6) is 0 Å². The summed E-state index contributed by atoms with van der Waals surface area (Å²) >= 11 is 0. The molecule has 3 aliphatic heterocycles. The second kappa shape index (κ2) is 4.27. The number of hydrogen-bond acceptors (Lipinski definition) is 1.